The van der Waals surface area contributed by atoms with E-state index in [-0.39, 0.29) is 0 Å². The third-order valence-electron chi connectivity index (χ3n) is 3.90. The van der Waals surface area contributed by atoms with E-state index >= 15 is 0 Å². The summed E-state index contributed by atoms with van der Waals surface area (Å²) in [6, 6.07) is 6.37. The lowest BCUT2D eigenvalue weighted by Crippen LogP contribution is -2.08. The first-order valence-electron chi connectivity index (χ1n) is 6.45. The van der Waals surface area contributed by atoms with Crippen molar-refractivity contribution in [2.75, 3.05) is 0 Å². The van der Waals surface area contributed by atoms with Crippen molar-refractivity contribution >= 4 is 0 Å². The van der Waals surface area contributed by atoms with Crippen molar-refractivity contribution in [2.24, 2.45) is 5.92 Å². The predicted molar refractivity (Wildman–Crippen MR) is 70.7 cm³/mol. The summed E-state index contributed by atoms with van der Waals surface area (Å²) < 4.78 is 4.37. The van der Waals surface area contributed by atoms with Crippen molar-refractivity contribution in [3.63, 3.8) is 0 Å². The summed E-state index contributed by atoms with van der Waals surface area (Å²) in [6.45, 7) is 5.21. The van der Waals surface area contributed by atoms with E-state index in [1.165, 1.54) is 18.5 Å². The number of nitrogens with zero attached hydrogens (tertiary/aromatic N) is 3. The predicted octanol–water partition coefficient (Wildman–Crippen LogP) is 3.18. The Labute approximate surface area is 107 Å². The van der Waals surface area contributed by atoms with Gasteiger partial charge in [0.2, 0.25) is 0 Å². The maximum atomic E-state index is 9.41. The average Bonchev–Trinajstić information content (AvgIpc) is 2.96. The van der Waals surface area contributed by atoms with Crippen LogP contribution in [0.25, 0.3) is 5.82 Å². The zero-order valence-corrected chi connectivity index (χ0v) is 10.8. The highest BCUT2D eigenvalue weighted by atomic mass is 15.2. The van der Waals surface area contributed by atoms with E-state index in [1.807, 2.05) is 31.5 Å². The molecule has 18 heavy (non-hydrogen) atoms. The maximum absolute atomic E-state index is 9.41. The zero-order valence-electron chi connectivity index (χ0n) is 10.8. The second-order valence-corrected chi connectivity index (χ2v) is 5.17. The molecule has 0 atom stereocenters. The first kappa shape index (κ1) is 11.2. The molecule has 0 bridgehead atoms. The third-order valence-corrected chi connectivity index (χ3v) is 3.90. The molecule has 1 aliphatic rings. The minimum absolute atomic E-state index is 0.802. The Kier molecular flexibility index (Phi) is 2.52. The molecule has 0 unspecified atom stereocenters. The normalized spacial score (nSPS) is 14.7. The number of hydrogen-bond donors (Lipinski definition) is 0. The van der Waals surface area contributed by atoms with Gasteiger partial charge in [-0.2, -0.15) is 5.26 Å². The first-order chi connectivity index (χ1) is 8.72. The molecule has 2 aromatic rings. The van der Waals surface area contributed by atoms with Crippen molar-refractivity contribution in [3.05, 3.63) is 41.3 Å². The highest BCUT2D eigenvalue weighted by Gasteiger charge is 2.26. The van der Waals surface area contributed by atoms with Gasteiger partial charge >= 0.3 is 0 Å². The Morgan fingerprint density at radius 3 is 2.50 bits per heavy atom. The second kappa shape index (κ2) is 4.06. The van der Waals surface area contributed by atoms with Gasteiger partial charge in [-0.05, 0) is 50.3 Å². The summed E-state index contributed by atoms with van der Waals surface area (Å²) in [5.41, 5.74) is 3.15. The van der Waals surface area contributed by atoms with Crippen LogP contribution in [0.1, 0.15) is 29.7 Å². The number of rotatable bonds is 3. The van der Waals surface area contributed by atoms with Crippen LogP contribution in [0.3, 0.4) is 0 Å². The van der Waals surface area contributed by atoms with E-state index in [1.54, 1.807) is 0 Å². The number of hydrogen-bond acceptors (Lipinski definition) is 1. The van der Waals surface area contributed by atoms with Crippen molar-refractivity contribution in [1.29, 1.82) is 5.26 Å². The van der Waals surface area contributed by atoms with Gasteiger partial charge in [-0.1, -0.05) is 0 Å². The van der Waals surface area contributed by atoms with Gasteiger partial charge in [-0.25, -0.2) is 0 Å². The molecule has 1 aliphatic carbocycles. The van der Waals surface area contributed by atoms with Crippen LogP contribution in [0, 0.1) is 31.1 Å². The zero-order chi connectivity index (χ0) is 12.7. The standard InChI is InChI=1S/C15H17N3/c1-11-12(2)18(10-13-5-6-13)15(14(11)9-16)17-7-3-4-8-17/h3-4,7-8,13H,5-6,10H2,1-2H3. The Morgan fingerprint density at radius 2 is 1.94 bits per heavy atom. The molecule has 3 rings (SSSR count). The molecule has 3 nitrogen and oxygen atoms in total. The van der Waals surface area contributed by atoms with E-state index in [9.17, 15) is 5.26 Å². The van der Waals surface area contributed by atoms with Crippen LogP contribution in [0.4, 0.5) is 0 Å². The minimum atomic E-state index is 0.802. The fourth-order valence-corrected chi connectivity index (χ4v) is 2.50. The molecular formula is C15H17N3. The lowest BCUT2D eigenvalue weighted by Gasteiger charge is -2.12. The van der Waals surface area contributed by atoms with Crippen LogP contribution in [0.15, 0.2) is 24.5 Å². The molecule has 0 N–H and O–H groups in total. The van der Waals surface area contributed by atoms with E-state index in [0.717, 1.165) is 29.4 Å². The van der Waals surface area contributed by atoms with E-state index < -0.39 is 0 Å². The quantitative estimate of drug-likeness (QED) is 0.810. The highest BCUT2D eigenvalue weighted by Crippen LogP contribution is 2.34. The molecule has 1 fully saturated rings. The van der Waals surface area contributed by atoms with Crippen molar-refractivity contribution in [3.8, 4) is 11.9 Å². The molecule has 2 aromatic heterocycles. The van der Waals surface area contributed by atoms with Crippen molar-refractivity contribution < 1.29 is 0 Å². The van der Waals surface area contributed by atoms with Crippen LogP contribution in [-0.2, 0) is 6.54 Å². The molecule has 0 saturated heterocycles. The van der Waals surface area contributed by atoms with Gasteiger partial charge in [0.1, 0.15) is 11.9 Å². The van der Waals surface area contributed by atoms with Gasteiger partial charge in [0.25, 0.3) is 0 Å². The molecule has 0 radical (unpaired) electrons. The maximum Gasteiger partial charge on any atom is 0.135 e. The second-order valence-electron chi connectivity index (χ2n) is 5.17. The van der Waals surface area contributed by atoms with Gasteiger partial charge in [0.05, 0.1) is 5.56 Å². The monoisotopic (exact) mass is 239 g/mol. The van der Waals surface area contributed by atoms with Gasteiger partial charge in [0.15, 0.2) is 0 Å². The highest BCUT2D eigenvalue weighted by molar-refractivity contribution is 5.54. The van der Waals surface area contributed by atoms with Crippen molar-refractivity contribution in [2.45, 2.75) is 33.2 Å². The van der Waals surface area contributed by atoms with Crippen LogP contribution in [-0.4, -0.2) is 9.13 Å². The largest absolute Gasteiger partial charge is 0.330 e. The van der Waals surface area contributed by atoms with Gasteiger partial charge in [-0.15, -0.1) is 0 Å². The van der Waals surface area contributed by atoms with Crippen LogP contribution in [0.2, 0.25) is 0 Å². The molecule has 1 saturated carbocycles. The lowest BCUT2D eigenvalue weighted by atomic mass is 10.2. The topological polar surface area (TPSA) is 33.6 Å². The van der Waals surface area contributed by atoms with Crippen LogP contribution >= 0.6 is 0 Å². The summed E-state index contributed by atoms with van der Waals surface area (Å²) in [4.78, 5) is 0. The number of nitriles is 1. The van der Waals surface area contributed by atoms with E-state index in [0.29, 0.717) is 0 Å². The molecule has 0 spiro atoms. The summed E-state index contributed by atoms with van der Waals surface area (Å²) in [7, 11) is 0. The van der Waals surface area contributed by atoms with Gasteiger partial charge in [-0.3, -0.25) is 0 Å². The molecule has 92 valence electrons. The lowest BCUT2D eigenvalue weighted by molar-refractivity contribution is 0.602. The summed E-state index contributed by atoms with van der Waals surface area (Å²) in [5.74, 6) is 1.83. The fourth-order valence-electron chi connectivity index (χ4n) is 2.50. The van der Waals surface area contributed by atoms with E-state index in [2.05, 4.69) is 22.1 Å². The van der Waals surface area contributed by atoms with Gasteiger partial charge in [0, 0.05) is 24.6 Å². The SMILES string of the molecule is Cc1c(C#N)c(-n2cccc2)n(CC2CC2)c1C. The fraction of sp³-hybridized carbons (Fsp3) is 0.400. The Bertz CT molecular complexity index is 607. The molecular weight excluding hydrogens is 222 g/mol. The molecule has 3 heteroatoms. The average molecular weight is 239 g/mol. The van der Waals surface area contributed by atoms with E-state index in [4.69, 9.17) is 0 Å². The smallest absolute Gasteiger partial charge is 0.135 e. The first-order valence-corrected chi connectivity index (χ1v) is 6.45. The summed E-state index contributed by atoms with van der Waals surface area (Å²) >= 11 is 0. The summed E-state index contributed by atoms with van der Waals surface area (Å²) in [6.07, 6.45) is 6.67. The number of aromatic nitrogens is 2. The van der Waals surface area contributed by atoms with Crippen molar-refractivity contribution in [1.82, 2.24) is 9.13 Å². The molecule has 0 amide bonds. The Hall–Kier alpha value is -1.95. The summed E-state index contributed by atoms with van der Waals surface area (Å²) in [5, 5.41) is 9.41. The minimum Gasteiger partial charge on any atom is -0.330 e. The van der Waals surface area contributed by atoms with Crippen LogP contribution in [0.5, 0.6) is 0 Å². The Morgan fingerprint density at radius 1 is 1.28 bits per heavy atom. The molecule has 0 aliphatic heterocycles. The third kappa shape index (κ3) is 1.65. The van der Waals surface area contributed by atoms with Gasteiger partial charge < -0.3 is 9.13 Å². The molecule has 0 aromatic carbocycles. The molecule has 2 heterocycles. The van der Waals surface area contributed by atoms with Crippen LogP contribution < -0.4 is 0 Å². The Balaban J connectivity index is 2.19.